The van der Waals surface area contributed by atoms with Gasteiger partial charge in [0, 0.05) is 80.1 Å². The van der Waals surface area contributed by atoms with Gasteiger partial charge in [0.15, 0.2) is 0 Å². The number of carbonyl (C=O) groups excluding carboxylic acids is 6. The molecule has 4 aliphatic rings. The van der Waals surface area contributed by atoms with Crippen LogP contribution in [0.4, 0.5) is 11.4 Å². The van der Waals surface area contributed by atoms with Gasteiger partial charge < -0.3 is 30.2 Å². The molecule has 2 aliphatic heterocycles. The maximum Gasteiger partial charge on any atom is 0.255 e. The molecule has 0 radical (unpaired) electrons. The molecule has 67 heavy (non-hydrogen) atoms. The Bertz CT molecular complexity index is 2080. The van der Waals surface area contributed by atoms with Crippen LogP contribution in [0.25, 0.3) is 0 Å². The highest BCUT2D eigenvalue weighted by Gasteiger charge is 2.50. The Hall–Kier alpha value is -4.45. The first-order valence-electron chi connectivity index (χ1n) is 25.8. The van der Waals surface area contributed by atoms with Gasteiger partial charge >= 0.3 is 0 Å². The first-order chi connectivity index (χ1) is 32.0. The maximum absolute atomic E-state index is 13.8. The largest absolute Gasteiger partial charge is 0.354 e. The van der Waals surface area contributed by atoms with Gasteiger partial charge in [-0.3, -0.25) is 28.8 Å². The number of benzene rings is 2. The van der Waals surface area contributed by atoms with Gasteiger partial charge in [0.2, 0.25) is 23.6 Å². The molecule has 0 saturated heterocycles. The van der Waals surface area contributed by atoms with Gasteiger partial charge in [0.1, 0.15) is 0 Å². The lowest BCUT2D eigenvalue weighted by molar-refractivity contribution is -0.124. The van der Waals surface area contributed by atoms with Crippen molar-refractivity contribution in [2.24, 2.45) is 0 Å². The van der Waals surface area contributed by atoms with Crippen LogP contribution in [-0.4, -0.2) is 95.6 Å². The highest BCUT2D eigenvalue weighted by molar-refractivity contribution is 6.34. The van der Waals surface area contributed by atoms with E-state index < -0.39 is 10.8 Å². The molecule has 6 rings (SSSR count). The normalized spacial score (nSPS) is 17.8. The van der Waals surface area contributed by atoms with Crippen molar-refractivity contribution >= 4 is 58.4 Å². The SMILES string of the molecule is CCC(=O)NCCN1C(=O)C(CC)(CC)c2cc(Cl)c(C(=O)N(C(C)C)C3CCCCC3)cc21.CCC(=O)NCCN1C(=O)C(CC)(CC)c2ccc(C(=O)N(C(C)C)C3CCCCC3)cc21. The third kappa shape index (κ3) is 11.0. The highest BCUT2D eigenvalue weighted by atomic mass is 35.5. The highest BCUT2D eigenvalue weighted by Crippen LogP contribution is 2.49. The summed E-state index contributed by atoms with van der Waals surface area (Å²) < 4.78 is 0. The summed E-state index contributed by atoms with van der Waals surface area (Å²) in [5.74, 6) is 0.0146. The van der Waals surface area contributed by atoms with E-state index in [9.17, 15) is 28.8 Å². The summed E-state index contributed by atoms with van der Waals surface area (Å²) in [5, 5.41) is 6.15. The van der Waals surface area contributed by atoms with Crippen LogP contribution < -0.4 is 20.4 Å². The summed E-state index contributed by atoms with van der Waals surface area (Å²) in [6, 6.07) is 10.2. The van der Waals surface area contributed by atoms with Crippen molar-refractivity contribution in [1.82, 2.24) is 20.4 Å². The van der Waals surface area contributed by atoms with Gasteiger partial charge in [-0.1, -0.05) is 97.7 Å². The number of fused-ring (bicyclic) bond motifs is 2. The Morgan fingerprint density at radius 3 is 1.45 bits per heavy atom. The van der Waals surface area contributed by atoms with E-state index in [0.717, 1.165) is 61.0 Å². The monoisotopic (exact) mass is 945 g/mol. The fourth-order valence-corrected chi connectivity index (χ4v) is 11.7. The van der Waals surface area contributed by atoms with Crippen LogP contribution in [0.2, 0.25) is 5.02 Å². The number of rotatable bonds is 18. The van der Waals surface area contributed by atoms with E-state index in [-0.39, 0.29) is 59.6 Å². The van der Waals surface area contributed by atoms with Gasteiger partial charge in [-0.2, -0.15) is 0 Å². The van der Waals surface area contributed by atoms with Gasteiger partial charge in [-0.05, 0) is 114 Å². The molecule has 0 unspecified atom stereocenters. The van der Waals surface area contributed by atoms with Crippen LogP contribution in [0, 0.1) is 0 Å². The van der Waals surface area contributed by atoms with Crippen molar-refractivity contribution in [3.63, 3.8) is 0 Å². The second kappa shape index (κ2) is 23.7. The maximum atomic E-state index is 13.8. The number of halogens is 1. The predicted octanol–water partition coefficient (Wildman–Crippen LogP) is 10.3. The number of hydrogen-bond donors (Lipinski definition) is 2. The first kappa shape index (κ1) is 53.5. The lowest BCUT2D eigenvalue weighted by atomic mass is 9.76. The van der Waals surface area contributed by atoms with Crippen molar-refractivity contribution in [3.05, 3.63) is 57.6 Å². The fraction of sp³-hybridized carbons (Fsp3) is 0.667. The second-order valence-electron chi connectivity index (χ2n) is 19.7. The molecule has 12 nitrogen and oxygen atoms in total. The molecule has 2 aromatic carbocycles. The van der Waals surface area contributed by atoms with E-state index in [1.54, 1.807) is 16.7 Å². The molecular weight excluding hydrogens is 864 g/mol. The summed E-state index contributed by atoms with van der Waals surface area (Å²) in [4.78, 5) is 85.8. The quantitative estimate of drug-likeness (QED) is 0.153. The van der Waals surface area contributed by atoms with Crippen molar-refractivity contribution in [2.45, 2.75) is 207 Å². The van der Waals surface area contributed by atoms with Gasteiger partial charge in [0.25, 0.3) is 11.8 Å². The predicted molar refractivity (Wildman–Crippen MR) is 270 cm³/mol. The van der Waals surface area contributed by atoms with Crippen LogP contribution >= 0.6 is 11.6 Å². The number of nitrogens with zero attached hydrogens (tertiary/aromatic N) is 4. The van der Waals surface area contributed by atoms with Gasteiger partial charge in [0.05, 0.1) is 21.4 Å². The van der Waals surface area contributed by atoms with Crippen molar-refractivity contribution in [2.75, 3.05) is 36.0 Å². The summed E-state index contributed by atoms with van der Waals surface area (Å²) >= 11 is 6.76. The fourth-order valence-electron chi connectivity index (χ4n) is 11.4. The smallest absolute Gasteiger partial charge is 0.255 e. The minimum Gasteiger partial charge on any atom is -0.354 e. The molecule has 6 amide bonds. The molecule has 2 N–H and O–H groups in total. The van der Waals surface area contributed by atoms with Crippen molar-refractivity contribution in [1.29, 1.82) is 0 Å². The molecule has 2 fully saturated rings. The molecule has 2 aromatic rings. The topological polar surface area (TPSA) is 139 Å². The van der Waals surface area contributed by atoms with E-state index in [1.807, 2.05) is 56.0 Å². The Morgan fingerprint density at radius 1 is 0.612 bits per heavy atom. The molecule has 0 aromatic heterocycles. The van der Waals surface area contributed by atoms with Gasteiger partial charge in [-0.15, -0.1) is 0 Å². The second-order valence-corrected chi connectivity index (χ2v) is 20.1. The van der Waals surface area contributed by atoms with Crippen LogP contribution in [0.1, 0.15) is 204 Å². The average molecular weight is 946 g/mol. The van der Waals surface area contributed by atoms with Crippen LogP contribution in [-0.2, 0) is 30.0 Å². The Kier molecular flexibility index (Phi) is 18.9. The van der Waals surface area contributed by atoms with Crippen molar-refractivity contribution in [3.8, 4) is 0 Å². The molecule has 2 heterocycles. The Balaban J connectivity index is 0.000000251. The third-order valence-corrected chi connectivity index (χ3v) is 15.7. The molecule has 0 bridgehead atoms. The van der Waals surface area contributed by atoms with E-state index in [2.05, 4.69) is 57.1 Å². The molecular formula is C54H81ClN6O6. The van der Waals surface area contributed by atoms with E-state index >= 15 is 0 Å². The van der Waals surface area contributed by atoms with Crippen LogP contribution in [0.5, 0.6) is 0 Å². The van der Waals surface area contributed by atoms with Gasteiger partial charge in [-0.25, -0.2) is 0 Å². The Morgan fingerprint density at radius 2 is 1.03 bits per heavy atom. The number of nitrogens with one attached hydrogen (secondary N) is 2. The Labute approximate surface area is 406 Å². The number of carbonyl (C=O) groups is 6. The van der Waals surface area contributed by atoms with Crippen LogP contribution in [0.3, 0.4) is 0 Å². The van der Waals surface area contributed by atoms with E-state index in [0.29, 0.717) is 80.9 Å². The minimum atomic E-state index is -0.656. The average Bonchev–Trinajstić information content (AvgIpc) is 3.70. The molecule has 0 spiro atoms. The minimum absolute atomic E-state index is 0.0203. The zero-order chi connectivity index (χ0) is 49.2. The summed E-state index contributed by atoms with van der Waals surface area (Å²) in [7, 11) is 0. The molecule has 2 aliphatic carbocycles. The summed E-state index contributed by atoms with van der Waals surface area (Å²) in [6.07, 6.45) is 14.8. The van der Waals surface area contributed by atoms with Crippen molar-refractivity contribution < 1.29 is 28.8 Å². The first-order valence-corrected chi connectivity index (χ1v) is 26.2. The van der Waals surface area contributed by atoms with E-state index in [1.165, 1.54) is 25.7 Å². The number of amides is 6. The zero-order valence-corrected chi connectivity index (χ0v) is 43.2. The standard InChI is InChI=1S/C27H40ClN3O3.C27H41N3O3/c1-6-24(32)29-14-15-30-23-16-20(22(28)17-21(23)27(7-2,8-3)26(30)34)25(33)31(18(4)5)19-12-10-9-11-13-19;1-6-24(31)28-16-17-29-23-18-20(14-15-22(23)27(7-2,8-3)26(29)33)25(32)30(19(4)5)21-12-10-9-11-13-21/h16-19H,6-15H2,1-5H3,(H,29,32);14-15,18-19,21H,6-13,16-17H2,1-5H3,(H,28,31). The lowest BCUT2D eigenvalue weighted by Gasteiger charge is -2.37. The summed E-state index contributed by atoms with van der Waals surface area (Å²) in [5.41, 5.74) is 3.35. The molecule has 0 atom stereocenters. The molecule has 2 saturated carbocycles. The molecule has 370 valence electrons. The third-order valence-electron chi connectivity index (χ3n) is 15.4. The molecule has 13 heteroatoms. The lowest BCUT2D eigenvalue weighted by Crippen LogP contribution is -2.46. The van der Waals surface area contributed by atoms with E-state index in [4.69, 9.17) is 11.6 Å². The summed E-state index contributed by atoms with van der Waals surface area (Å²) in [6.45, 7) is 21.6. The zero-order valence-electron chi connectivity index (χ0n) is 42.5. The number of anilines is 2. The number of hydrogen-bond acceptors (Lipinski definition) is 6. The van der Waals surface area contributed by atoms with Crippen LogP contribution in [0.15, 0.2) is 30.3 Å².